The van der Waals surface area contributed by atoms with Gasteiger partial charge in [0.2, 0.25) is 5.91 Å². The minimum absolute atomic E-state index is 0.0226. The van der Waals surface area contributed by atoms with Crippen LogP contribution >= 0.6 is 0 Å². The summed E-state index contributed by atoms with van der Waals surface area (Å²) in [6.45, 7) is 3.11. The Labute approximate surface area is 87.7 Å². The first-order valence-electron chi connectivity index (χ1n) is 4.94. The molecular weight excluding hydrogens is 195 g/mol. The average molecular weight is 208 g/mol. The van der Waals surface area contributed by atoms with Crippen LogP contribution in [0.1, 0.15) is 5.56 Å². The van der Waals surface area contributed by atoms with E-state index in [0.29, 0.717) is 24.3 Å². The number of carbonyl (C=O) groups is 1. The number of hydrogen-bond acceptors (Lipinski definition) is 2. The van der Waals surface area contributed by atoms with Crippen LogP contribution in [0.3, 0.4) is 0 Å². The monoisotopic (exact) mass is 208 g/mol. The molecule has 1 amide bonds. The highest BCUT2D eigenvalue weighted by atomic mass is 19.1. The number of nitrogens with one attached hydrogen (secondary N) is 2. The lowest BCUT2D eigenvalue weighted by atomic mass is 10.0. The molecule has 80 valence electrons. The molecule has 1 heterocycles. The highest BCUT2D eigenvalue weighted by Gasteiger charge is 2.24. The van der Waals surface area contributed by atoms with Crippen molar-refractivity contribution in [3.63, 3.8) is 0 Å². The minimum Gasteiger partial charge on any atom is -0.326 e. The van der Waals surface area contributed by atoms with Crippen LogP contribution in [0.25, 0.3) is 0 Å². The van der Waals surface area contributed by atoms with E-state index in [1.54, 1.807) is 19.1 Å². The Morgan fingerprint density at radius 3 is 2.80 bits per heavy atom. The lowest BCUT2D eigenvalue weighted by Crippen LogP contribution is -2.48. The SMILES string of the molecule is Cc1ccc(NC(=O)C2CNC2)cc1F. The van der Waals surface area contributed by atoms with Gasteiger partial charge in [-0.2, -0.15) is 0 Å². The summed E-state index contributed by atoms with van der Waals surface area (Å²) in [6, 6.07) is 4.71. The van der Waals surface area contributed by atoms with E-state index in [2.05, 4.69) is 10.6 Å². The zero-order valence-corrected chi connectivity index (χ0v) is 8.51. The average Bonchev–Trinajstić information content (AvgIpc) is 2.08. The van der Waals surface area contributed by atoms with Gasteiger partial charge < -0.3 is 10.6 Å². The summed E-state index contributed by atoms with van der Waals surface area (Å²) in [5, 5.41) is 5.71. The molecule has 2 N–H and O–H groups in total. The molecule has 4 heteroatoms. The molecule has 0 radical (unpaired) electrons. The zero-order chi connectivity index (χ0) is 10.8. The van der Waals surface area contributed by atoms with Crippen LogP contribution in [0.4, 0.5) is 10.1 Å². The van der Waals surface area contributed by atoms with Gasteiger partial charge in [-0.3, -0.25) is 4.79 Å². The molecule has 0 spiro atoms. The smallest absolute Gasteiger partial charge is 0.230 e. The van der Waals surface area contributed by atoms with E-state index in [1.165, 1.54) is 6.07 Å². The third kappa shape index (κ3) is 2.15. The molecule has 1 aromatic carbocycles. The normalized spacial score (nSPS) is 15.9. The largest absolute Gasteiger partial charge is 0.326 e. The van der Waals surface area contributed by atoms with Crippen LogP contribution in [0.2, 0.25) is 0 Å². The molecule has 2 rings (SSSR count). The molecule has 0 atom stereocenters. The van der Waals surface area contributed by atoms with Crippen molar-refractivity contribution < 1.29 is 9.18 Å². The first-order valence-corrected chi connectivity index (χ1v) is 4.94. The van der Waals surface area contributed by atoms with Crippen LogP contribution in [0, 0.1) is 18.7 Å². The fourth-order valence-electron chi connectivity index (χ4n) is 1.39. The second kappa shape index (κ2) is 3.98. The van der Waals surface area contributed by atoms with Crippen molar-refractivity contribution in [2.24, 2.45) is 5.92 Å². The highest BCUT2D eigenvalue weighted by molar-refractivity contribution is 5.93. The molecule has 1 aliphatic heterocycles. The summed E-state index contributed by atoms with van der Waals surface area (Å²) in [5.74, 6) is -0.314. The second-order valence-electron chi connectivity index (χ2n) is 3.81. The summed E-state index contributed by atoms with van der Waals surface area (Å²) in [5.41, 5.74) is 1.10. The zero-order valence-electron chi connectivity index (χ0n) is 8.51. The van der Waals surface area contributed by atoms with Gasteiger partial charge in [0, 0.05) is 18.8 Å². The number of halogens is 1. The summed E-state index contributed by atoms with van der Waals surface area (Å²) in [6.07, 6.45) is 0. The Kier molecular flexibility index (Phi) is 2.68. The number of rotatable bonds is 2. The van der Waals surface area contributed by atoms with Crippen LogP contribution in [-0.2, 0) is 4.79 Å². The van der Waals surface area contributed by atoms with Crippen molar-refractivity contribution in [1.82, 2.24) is 5.32 Å². The summed E-state index contributed by atoms with van der Waals surface area (Å²) in [7, 11) is 0. The molecule has 1 aliphatic rings. The molecule has 0 aromatic heterocycles. The van der Waals surface area contributed by atoms with E-state index in [1.807, 2.05) is 0 Å². The third-order valence-electron chi connectivity index (χ3n) is 2.59. The molecule has 0 aliphatic carbocycles. The highest BCUT2D eigenvalue weighted by Crippen LogP contribution is 2.15. The number of amides is 1. The molecule has 1 aromatic rings. The molecular formula is C11H13FN2O. The maximum Gasteiger partial charge on any atom is 0.230 e. The van der Waals surface area contributed by atoms with Crippen molar-refractivity contribution in [2.45, 2.75) is 6.92 Å². The van der Waals surface area contributed by atoms with Gasteiger partial charge in [0.05, 0.1) is 5.92 Å². The number of benzene rings is 1. The molecule has 1 fully saturated rings. The van der Waals surface area contributed by atoms with Crippen LogP contribution in [0.5, 0.6) is 0 Å². The molecule has 3 nitrogen and oxygen atoms in total. The quantitative estimate of drug-likeness (QED) is 0.769. The first-order chi connectivity index (χ1) is 7.16. The maximum atomic E-state index is 13.2. The van der Waals surface area contributed by atoms with Crippen molar-refractivity contribution in [3.05, 3.63) is 29.6 Å². The van der Waals surface area contributed by atoms with Crippen molar-refractivity contribution in [3.8, 4) is 0 Å². The first kappa shape index (κ1) is 10.1. The van der Waals surface area contributed by atoms with Gasteiger partial charge in [-0.05, 0) is 24.6 Å². The van der Waals surface area contributed by atoms with E-state index in [9.17, 15) is 9.18 Å². The third-order valence-corrected chi connectivity index (χ3v) is 2.59. The maximum absolute atomic E-state index is 13.2. The Bertz CT molecular complexity index is 388. The minimum atomic E-state index is -0.292. The van der Waals surface area contributed by atoms with Crippen LogP contribution in [-0.4, -0.2) is 19.0 Å². The van der Waals surface area contributed by atoms with Crippen molar-refractivity contribution in [2.75, 3.05) is 18.4 Å². The number of hydrogen-bond donors (Lipinski definition) is 2. The van der Waals surface area contributed by atoms with E-state index in [-0.39, 0.29) is 17.6 Å². The van der Waals surface area contributed by atoms with E-state index >= 15 is 0 Å². The van der Waals surface area contributed by atoms with Crippen LogP contribution < -0.4 is 10.6 Å². The van der Waals surface area contributed by atoms with Gasteiger partial charge >= 0.3 is 0 Å². The van der Waals surface area contributed by atoms with E-state index < -0.39 is 0 Å². The number of aryl methyl sites for hydroxylation is 1. The second-order valence-corrected chi connectivity index (χ2v) is 3.81. The van der Waals surface area contributed by atoms with Gasteiger partial charge in [0.25, 0.3) is 0 Å². The molecule has 0 bridgehead atoms. The van der Waals surface area contributed by atoms with E-state index in [0.717, 1.165) is 0 Å². The van der Waals surface area contributed by atoms with Gasteiger partial charge in [0.15, 0.2) is 0 Å². The number of carbonyl (C=O) groups excluding carboxylic acids is 1. The molecule has 15 heavy (non-hydrogen) atoms. The lowest BCUT2D eigenvalue weighted by molar-refractivity contribution is -0.121. The van der Waals surface area contributed by atoms with E-state index in [4.69, 9.17) is 0 Å². The van der Waals surface area contributed by atoms with Gasteiger partial charge in [-0.1, -0.05) is 6.07 Å². The molecule has 1 saturated heterocycles. The summed E-state index contributed by atoms with van der Waals surface area (Å²) in [4.78, 5) is 11.5. The Morgan fingerprint density at radius 2 is 2.27 bits per heavy atom. The standard InChI is InChI=1S/C11H13FN2O/c1-7-2-3-9(4-10(7)12)14-11(15)8-5-13-6-8/h2-4,8,13H,5-6H2,1H3,(H,14,15). The fraction of sp³-hybridized carbons (Fsp3) is 0.364. The number of anilines is 1. The summed E-state index contributed by atoms with van der Waals surface area (Å²) < 4.78 is 13.2. The Hall–Kier alpha value is -1.42. The van der Waals surface area contributed by atoms with Gasteiger partial charge in [0.1, 0.15) is 5.82 Å². The predicted molar refractivity (Wildman–Crippen MR) is 56.1 cm³/mol. The molecule has 0 saturated carbocycles. The lowest BCUT2D eigenvalue weighted by Gasteiger charge is -2.25. The van der Waals surface area contributed by atoms with Crippen LogP contribution in [0.15, 0.2) is 18.2 Å². The van der Waals surface area contributed by atoms with Crippen molar-refractivity contribution in [1.29, 1.82) is 0 Å². The van der Waals surface area contributed by atoms with Crippen molar-refractivity contribution >= 4 is 11.6 Å². The Morgan fingerprint density at radius 1 is 1.53 bits per heavy atom. The fourth-order valence-corrected chi connectivity index (χ4v) is 1.39. The predicted octanol–water partition coefficient (Wildman–Crippen LogP) is 1.29. The molecule has 0 unspecified atom stereocenters. The van der Waals surface area contributed by atoms with Gasteiger partial charge in [-0.25, -0.2) is 4.39 Å². The van der Waals surface area contributed by atoms with Gasteiger partial charge in [-0.15, -0.1) is 0 Å². The topological polar surface area (TPSA) is 41.1 Å². The summed E-state index contributed by atoms with van der Waals surface area (Å²) >= 11 is 0. The Balaban J connectivity index is 2.03.